The van der Waals surface area contributed by atoms with Crippen LogP contribution in [0, 0.1) is 0 Å². The van der Waals surface area contributed by atoms with Gasteiger partial charge < -0.3 is 28.1 Å². The molecule has 14 nitrogen and oxygen atoms in total. The molecular formula is C44H66CaO14S2. The number of hydrogen-bond donors (Lipinski definition) is 0. The van der Waals surface area contributed by atoms with Gasteiger partial charge in [0.1, 0.15) is 33.5 Å². The van der Waals surface area contributed by atoms with Gasteiger partial charge in [-0.1, -0.05) is 142 Å². The van der Waals surface area contributed by atoms with E-state index in [4.69, 9.17) is 18.9 Å². The molecular weight excluding hydrogens is 857 g/mol. The Morgan fingerprint density at radius 2 is 0.689 bits per heavy atom. The second-order valence-corrected chi connectivity index (χ2v) is 17.9. The summed E-state index contributed by atoms with van der Waals surface area (Å²) in [5.41, 5.74) is 0.0772. The third kappa shape index (κ3) is 25.3. The van der Waals surface area contributed by atoms with E-state index in [1.165, 1.54) is 102 Å². The molecule has 2 rings (SSSR count). The van der Waals surface area contributed by atoms with Gasteiger partial charge in [-0.2, -0.15) is 0 Å². The second-order valence-electron chi connectivity index (χ2n) is 14.6. The summed E-state index contributed by atoms with van der Waals surface area (Å²) >= 11 is 0. The van der Waals surface area contributed by atoms with Crippen molar-refractivity contribution < 1.29 is 64.1 Å². The molecule has 2 atom stereocenters. The van der Waals surface area contributed by atoms with Crippen LogP contribution in [0.3, 0.4) is 0 Å². The first-order valence-electron chi connectivity index (χ1n) is 21.4. The molecule has 2 aromatic rings. The van der Waals surface area contributed by atoms with Gasteiger partial charge in [0, 0.05) is 0 Å². The Balaban J connectivity index is 0.00000116. The number of unbranched alkanes of at least 4 members (excludes halogenated alkanes) is 14. The first-order chi connectivity index (χ1) is 28.6. The summed E-state index contributed by atoms with van der Waals surface area (Å²) in [6, 6.07) is 12.0. The standard InChI is InChI=1S/2C22H34O7S.Ca/c2*1-3-5-6-7-8-9-10-13-16-28-21(23)19-14-11-12-15-20(19)22(24)29-17-18(4-2)30(25,26)27;/h2*11-12,14-15,18H,3-10,13,16-17H2,1-2H3,(H,25,26,27);/q;;+2/p-2. The molecule has 2 unspecified atom stereocenters. The largest absolute Gasteiger partial charge is 2.00 e. The van der Waals surface area contributed by atoms with Crippen LogP contribution in [-0.2, 0) is 39.2 Å². The van der Waals surface area contributed by atoms with E-state index in [2.05, 4.69) is 13.8 Å². The number of esters is 4. The predicted octanol–water partition coefficient (Wildman–Crippen LogP) is 8.55. The van der Waals surface area contributed by atoms with E-state index < -0.39 is 67.8 Å². The number of rotatable bonds is 30. The summed E-state index contributed by atoms with van der Waals surface area (Å²) in [5, 5.41) is -2.63. The second kappa shape index (κ2) is 33.9. The Hall–Kier alpha value is -2.60. The number of benzene rings is 2. The number of ether oxygens (including phenoxy) is 4. The molecule has 340 valence electrons. The fourth-order valence-corrected chi connectivity index (χ4v) is 7.22. The van der Waals surface area contributed by atoms with Crippen molar-refractivity contribution >= 4 is 81.9 Å². The molecule has 0 aliphatic heterocycles. The summed E-state index contributed by atoms with van der Waals surface area (Å²) in [5.74, 6) is -2.99. The maximum Gasteiger partial charge on any atom is 2.00 e. The topological polar surface area (TPSA) is 220 Å². The fourth-order valence-electron chi connectivity index (χ4n) is 5.94. The van der Waals surface area contributed by atoms with Crippen molar-refractivity contribution in [3.8, 4) is 0 Å². The van der Waals surface area contributed by atoms with E-state index >= 15 is 0 Å². The van der Waals surface area contributed by atoms with Crippen LogP contribution < -0.4 is 0 Å². The molecule has 0 fully saturated rings. The zero-order valence-corrected chi connectivity index (χ0v) is 40.4. The summed E-state index contributed by atoms with van der Waals surface area (Å²) in [4.78, 5) is 49.3. The number of carbonyl (C=O) groups excluding carboxylic acids is 4. The summed E-state index contributed by atoms with van der Waals surface area (Å²) < 4.78 is 87.2. The smallest absolute Gasteiger partial charge is 0.748 e. The first kappa shape index (κ1) is 58.4. The minimum atomic E-state index is -4.56. The Labute approximate surface area is 394 Å². The summed E-state index contributed by atoms with van der Waals surface area (Å²) in [6.07, 6.45) is 18.1. The quantitative estimate of drug-likeness (QED) is 0.0236. The van der Waals surface area contributed by atoms with Crippen molar-refractivity contribution in [3.05, 3.63) is 70.8 Å². The van der Waals surface area contributed by atoms with E-state index in [-0.39, 0.29) is 86.0 Å². The molecule has 0 bridgehead atoms. The molecule has 0 saturated heterocycles. The van der Waals surface area contributed by atoms with Crippen molar-refractivity contribution in [2.24, 2.45) is 0 Å². The number of hydrogen-bond acceptors (Lipinski definition) is 14. The molecule has 0 amide bonds. The van der Waals surface area contributed by atoms with Crippen LogP contribution in [0.4, 0.5) is 0 Å². The zero-order chi connectivity index (χ0) is 44.8. The van der Waals surface area contributed by atoms with Crippen molar-refractivity contribution in [2.75, 3.05) is 26.4 Å². The average molecular weight is 923 g/mol. The minimum Gasteiger partial charge on any atom is -0.748 e. The Morgan fingerprint density at radius 1 is 0.443 bits per heavy atom. The van der Waals surface area contributed by atoms with Crippen molar-refractivity contribution in [1.82, 2.24) is 0 Å². The van der Waals surface area contributed by atoms with Gasteiger partial charge in [0.25, 0.3) is 0 Å². The van der Waals surface area contributed by atoms with Gasteiger partial charge in [0.15, 0.2) is 0 Å². The van der Waals surface area contributed by atoms with Gasteiger partial charge in [-0.25, -0.2) is 36.0 Å². The molecule has 0 radical (unpaired) electrons. The van der Waals surface area contributed by atoms with Gasteiger partial charge in [-0.05, 0) is 49.9 Å². The van der Waals surface area contributed by atoms with E-state index in [0.717, 1.165) is 38.5 Å². The van der Waals surface area contributed by atoms with Crippen LogP contribution >= 0.6 is 0 Å². The van der Waals surface area contributed by atoms with Gasteiger partial charge >= 0.3 is 61.6 Å². The summed E-state index contributed by atoms with van der Waals surface area (Å²) in [7, 11) is -9.13. The van der Waals surface area contributed by atoms with Crippen LogP contribution in [0.25, 0.3) is 0 Å². The SMILES string of the molecule is CCCCCCCCCCOC(=O)c1ccccc1C(=O)OCC(CC)S(=O)(=O)[O-].CCCCCCCCCCOC(=O)c1ccccc1C(=O)OCC(CC)S(=O)(=O)[O-].[Ca+2]. The van der Waals surface area contributed by atoms with Crippen molar-refractivity contribution in [2.45, 2.75) is 154 Å². The minimum absolute atomic E-state index is 0. The van der Waals surface area contributed by atoms with Crippen LogP contribution in [-0.4, -0.2) is 124 Å². The molecule has 0 aliphatic rings. The third-order valence-electron chi connectivity index (χ3n) is 9.72. The average Bonchev–Trinajstić information content (AvgIpc) is 3.21. The van der Waals surface area contributed by atoms with E-state index in [1.54, 1.807) is 24.3 Å². The first-order valence-corrected chi connectivity index (χ1v) is 24.3. The Morgan fingerprint density at radius 3 is 0.934 bits per heavy atom. The van der Waals surface area contributed by atoms with Crippen molar-refractivity contribution in [3.63, 3.8) is 0 Å². The Kier molecular flexibility index (Phi) is 32.4. The molecule has 17 heteroatoms. The maximum atomic E-state index is 12.4. The molecule has 61 heavy (non-hydrogen) atoms. The number of carbonyl (C=O) groups is 4. The third-order valence-corrected chi connectivity index (χ3v) is 12.3. The van der Waals surface area contributed by atoms with E-state index in [1.807, 2.05) is 0 Å². The monoisotopic (exact) mass is 922 g/mol. The molecule has 0 heterocycles. The molecule has 0 saturated carbocycles. The zero-order valence-electron chi connectivity index (χ0n) is 36.6. The van der Waals surface area contributed by atoms with Crippen LogP contribution in [0.2, 0.25) is 0 Å². The van der Waals surface area contributed by atoms with Crippen LogP contribution in [0.1, 0.15) is 185 Å². The molecule has 2 aromatic carbocycles. The van der Waals surface area contributed by atoms with Gasteiger partial charge in [0.2, 0.25) is 0 Å². The van der Waals surface area contributed by atoms with E-state index in [9.17, 15) is 45.1 Å². The fraction of sp³-hybridized carbons (Fsp3) is 0.636. The normalized spacial score (nSPS) is 12.2. The van der Waals surface area contributed by atoms with Gasteiger partial charge in [0.05, 0.1) is 46.0 Å². The van der Waals surface area contributed by atoms with Gasteiger partial charge in [-0.3, -0.25) is 0 Å². The van der Waals surface area contributed by atoms with Crippen LogP contribution in [0.15, 0.2) is 48.5 Å². The molecule has 0 spiro atoms. The Bertz CT molecular complexity index is 1650. The maximum absolute atomic E-state index is 12.4. The molecule has 0 aliphatic carbocycles. The van der Waals surface area contributed by atoms with E-state index in [0.29, 0.717) is 0 Å². The molecule has 0 N–H and O–H groups in total. The summed E-state index contributed by atoms with van der Waals surface area (Å²) in [6.45, 7) is 6.84. The van der Waals surface area contributed by atoms with Crippen LogP contribution in [0.5, 0.6) is 0 Å². The predicted molar refractivity (Wildman–Crippen MR) is 233 cm³/mol. The molecule has 0 aromatic heterocycles. The van der Waals surface area contributed by atoms with Gasteiger partial charge in [-0.15, -0.1) is 0 Å². The van der Waals surface area contributed by atoms with Crippen molar-refractivity contribution in [1.29, 1.82) is 0 Å².